The van der Waals surface area contributed by atoms with Crippen molar-refractivity contribution in [2.75, 3.05) is 6.26 Å². The molecule has 1 N–H and O–H groups in total. The van der Waals surface area contributed by atoms with Crippen LogP contribution in [0, 0.1) is 0 Å². The smallest absolute Gasteiger partial charge is 0.210 e. The summed E-state index contributed by atoms with van der Waals surface area (Å²) in [6.45, 7) is 0. The molecule has 15 heavy (non-hydrogen) atoms. The van der Waals surface area contributed by atoms with E-state index in [1.807, 2.05) is 0 Å². The summed E-state index contributed by atoms with van der Waals surface area (Å²) in [5, 5.41) is 0. The number of Topliss-reactive ketones (excluding diaryl/α,β-unsaturated/α-hetero) is 1. The summed E-state index contributed by atoms with van der Waals surface area (Å²) in [5.74, 6) is -0.318. The molecule has 0 aliphatic carbocycles. The Hall–Kier alpha value is -0.720. The maximum absolute atomic E-state index is 11.6. The van der Waals surface area contributed by atoms with Gasteiger partial charge in [-0.15, -0.1) is 0 Å². The van der Waals surface area contributed by atoms with Crippen molar-refractivity contribution in [2.24, 2.45) is 0 Å². The van der Waals surface area contributed by atoms with Crippen LogP contribution in [0.2, 0.25) is 0 Å². The van der Waals surface area contributed by atoms with Crippen LogP contribution in [0.25, 0.3) is 0 Å². The number of alkyl halides is 1. The Morgan fingerprint density at radius 3 is 2.33 bits per heavy atom. The van der Waals surface area contributed by atoms with Crippen molar-refractivity contribution in [2.45, 2.75) is 4.95 Å². The Kier molecular flexibility index (Phi) is 4.01. The molecular formula is C9H10BrNO3S. The van der Waals surface area contributed by atoms with Crippen LogP contribution in [0.5, 0.6) is 0 Å². The van der Waals surface area contributed by atoms with Gasteiger partial charge in [0.15, 0.2) is 5.78 Å². The first-order valence-corrected chi connectivity index (χ1v) is 6.91. The van der Waals surface area contributed by atoms with Crippen molar-refractivity contribution in [3.05, 3.63) is 35.9 Å². The highest BCUT2D eigenvalue weighted by Crippen LogP contribution is 2.08. The zero-order valence-electron chi connectivity index (χ0n) is 7.98. The van der Waals surface area contributed by atoms with Crippen LogP contribution < -0.4 is 4.72 Å². The van der Waals surface area contributed by atoms with Gasteiger partial charge in [-0.25, -0.2) is 8.42 Å². The van der Waals surface area contributed by atoms with Crippen LogP contribution in [0.1, 0.15) is 10.4 Å². The molecule has 0 aliphatic heterocycles. The highest BCUT2D eigenvalue weighted by atomic mass is 79.9. The molecule has 1 unspecified atom stereocenters. The fraction of sp³-hybridized carbons (Fsp3) is 0.222. The normalized spacial score (nSPS) is 13.5. The minimum atomic E-state index is -3.39. The molecule has 0 aromatic heterocycles. The van der Waals surface area contributed by atoms with Gasteiger partial charge in [-0.3, -0.25) is 4.79 Å². The van der Waals surface area contributed by atoms with Gasteiger partial charge in [0, 0.05) is 5.56 Å². The van der Waals surface area contributed by atoms with E-state index in [-0.39, 0.29) is 5.78 Å². The van der Waals surface area contributed by atoms with Crippen LogP contribution in [0.3, 0.4) is 0 Å². The van der Waals surface area contributed by atoms with E-state index in [1.54, 1.807) is 30.3 Å². The van der Waals surface area contributed by atoms with Gasteiger partial charge in [-0.2, -0.15) is 4.72 Å². The maximum Gasteiger partial charge on any atom is 0.210 e. The Morgan fingerprint density at radius 1 is 1.33 bits per heavy atom. The number of hydrogen-bond donors (Lipinski definition) is 1. The molecule has 82 valence electrons. The lowest BCUT2D eigenvalue weighted by Gasteiger charge is -2.08. The summed E-state index contributed by atoms with van der Waals surface area (Å²) in [6, 6.07) is 8.46. The average Bonchev–Trinajstić information content (AvgIpc) is 2.15. The van der Waals surface area contributed by atoms with E-state index in [9.17, 15) is 13.2 Å². The van der Waals surface area contributed by atoms with E-state index in [4.69, 9.17) is 0 Å². The first kappa shape index (κ1) is 12.4. The zero-order chi connectivity index (χ0) is 11.5. The van der Waals surface area contributed by atoms with Crippen LogP contribution >= 0.6 is 15.9 Å². The Morgan fingerprint density at radius 2 is 1.87 bits per heavy atom. The van der Waals surface area contributed by atoms with Crippen LogP contribution in [-0.4, -0.2) is 25.4 Å². The predicted molar refractivity (Wildman–Crippen MR) is 61.5 cm³/mol. The van der Waals surface area contributed by atoms with Crippen LogP contribution in [0.4, 0.5) is 0 Å². The molecule has 0 saturated heterocycles. The van der Waals surface area contributed by atoms with E-state index < -0.39 is 15.0 Å². The second-order valence-electron chi connectivity index (χ2n) is 2.98. The standard InChI is InChI=1S/C9H10BrNO3S/c1-15(13,14)11-9(10)8(12)7-5-3-2-4-6-7/h2-6,9,11H,1H3. The molecule has 0 aliphatic rings. The molecule has 0 amide bonds. The first-order chi connectivity index (χ1) is 6.90. The number of rotatable bonds is 4. The summed E-state index contributed by atoms with van der Waals surface area (Å²) in [5.41, 5.74) is 0.454. The zero-order valence-corrected chi connectivity index (χ0v) is 10.4. The summed E-state index contributed by atoms with van der Waals surface area (Å²) in [4.78, 5) is 10.7. The molecule has 0 saturated carbocycles. The fourth-order valence-electron chi connectivity index (χ4n) is 0.990. The summed E-state index contributed by atoms with van der Waals surface area (Å²) in [6.07, 6.45) is 1.000. The number of carbonyl (C=O) groups excluding carboxylic acids is 1. The Labute approximate surface area is 96.9 Å². The number of hydrogen-bond acceptors (Lipinski definition) is 3. The molecular weight excluding hydrogens is 282 g/mol. The monoisotopic (exact) mass is 291 g/mol. The number of benzene rings is 1. The van der Waals surface area contributed by atoms with Crippen molar-refractivity contribution in [3.63, 3.8) is 0 Å². The Balaban J connectivity index is 2.79. The molecule has 1 aromatic rings. The van der Waals surface area contributed by atoms with Crippen molar-refractivity contribution in [1.82, 2.24) is 4.72 Å². The number of sulfonamides is 1. The highest BCUT2D eigenvalue weighted by Gasteiger charge is 2.19. The van der Waals surface area contributed by atoms with E-state index in [1.165, 1.54) is 0 Å². The summed E-state index contributed by atoms with van der Waals surface area (Å²) in [7, 11) is -3.39. The average molecular weight is 292 g/mol. The highest BCUT2D eigenvalue weighted by molar-refractivity contribution is 9.10. The van der Waals surface area contributed by atoms with Gasteiger partial charge in [0.2, 0.25) is 10.0 Å². The lowest BCUT2D eigenvalue weighted by Crippen LogP contribution is -2.35. The molecule has 0 heterocycles. The van der Waals surface area contributed by atoms with Gasteiger partial charge in [0.05, 0.1) is 6.26 Å². The van der Waals surface area contributed by atoms with E-state index in [0.29, 0.717) is 5.56 Å². The minimum Gasteiger partial charge on any atom is -0.291 e. The van der Waals surface area contributed by atoms with Crippen molar-refractivity contribution < 1.29 is 13.2 Å². The molecule has 1 rings (SSSR count). The minimum absolute atomic E-state index is 0.318. The lowest BCUT2D eigenvalue weighted by molar-refractivity contribution is 0.0987. The van der Waals surface area contributed by atoms with Crippen LogP contribution in [0.15, 0.2) is 30.3 Å². The maximum atomic E-state index is 11.6. The molecule has 4 nitrogen and oxygen atoms in total. The van der Waals surface area contributed by atoms with Gasteiger partial charge < -0.3 is 0 Å². The summed E-state index contributed by atoms with van der Waals surface area (Å²) < 4.78 is 23.9. The lowest BCUT2D eigenvalue weighted by atomic mass is 10.1. The van der Waals surface area contributed by atoms with Gasteiger partial charge in [-0.1, -0.05) is 46.3 Å². The number of carbonyl (C=O) groups is 1. The molecule has 1 aromatic carbocycles. The number of nitrogens with one attached hydrogen (secondary N) is 1. The number of halogens is 1. The number of ketones is 1. The fourth-order valence-corrected chi connectivity index (χ4v) is 2.76. The quantitative estimate of drug-likeness (QED) is 0.514. The van der Waals surface area contributed by atoms with Gasteiger partial charge in [0.25, 0.3) is 0 Å². The third-order valence-corrected chi connectivity index (χ3v) is 3.22. The SMILES string of the molecule is CS(=O)(=O)NC(Br)C(=O)c1ccccc1. The third-order valence-electron chi connectivity index (χ3n) is 1.61. The van der Waals surface area contributed by atoms with Gasteiger partial charge in [0.1, 0.15) is 4.95 Å². The van der Waals surface area contributed by atoms with Crippen LogP contribution in [-0.2, 0) is 10.0 Å². The molecule has 1 atom stereocenters. The van der Waals surface area contributed by atoms with Crippen molar-refractivity contribution in [3.8, 4) is 0 Å². The molecule has 6 heteroatoms. The van der Waals surface area contributed by atoms with Gasteiger partial charge >= 0.3 is 0 Å². The van der Waals surface area contributed by atoms with E-state index in [2.05, 4.69) is 20.7 Å². The topological polar surface area (TPSA) is 63.2 Å². The second kappa shape index (κ2) is 4.87. The summed E-state index contributed by atoms with van der Waals surface area (Å²) >= 11 is 2.98. The molecule has 0 bridgehead atoms. The molecule has 0 fully saturated rings. The molecule has 0 spiro atoms. The van der Waals surface area contributed by atoms with Crippen molar-refractivity contribution in [1.29, 1.82) is 0 Å². The predicted octanol–water partition coefficient (Wildman–Crippen LogP) is 1.14. The third kappa shape index (κ3) is 4.11. The van der Waals surface area contributed by atoms with E-state index >= 15 is 0 Å². The van der Waals surface area contributed by atoms with Crippen molar-refractivity contribution >= 4 is 31.7 Å². The van der Waals surface area contributed by atoms with E-state index in [0.717, 1.165) is 6.26 Å². The second-order valence-corrected chi connectivity index (χ2v) is 5.68. The Bertz CT molecular complexity index is 444. The molecule has 0 radical (unpaired) electrons. The van der Waals surface area contributed by atoms with Gasteiger partial charge in [-0.05, 0) is 0 Å². The largest absolute Gasteiger partial charge is 0.291 e. The first-order valence-electron chi connectivity index (χ1n) is 4.11.